The molecule has 1 aromatic heterocycles. The first-order chi connectivity index (χ1) is 10.8. The van der Waals surface area contributed by atoms with E-state index in [9.17, 15) is 4.79 Å². The Balaban J connectivity index is 1.47. The van der Waals surface area contributed by atoms with Crippen molar-refractivity contribution in [2.24, 2.45) is 0 Å². The molecule has 0 saturated carbocycles. The maximum absolute atomic E-state index is 11.7. The van der Waals surface area contributed by atoms with E-state index in [2.05, 4.69) is 5.32 Å². The number of hydrogen-bond acceptors (Lipinski definition) is 4. The molecule has 3 rings (SSSR count). The summed E-state index contributed by atoms with van der Waals surface area (Å²) >= 11 is 0. The third kappa shape index (κ3) is 3.69. The van der Waals surface area contributed by atoms with Gasteiger partial charge in [0.25, 0.3) is 0 Å². The summed E-state index contributed by atoms with van der Waals surface area (Å²) in [4.78, 5) is 11.7. The van der Waals surface area contributed by atoms with Gasteiger partial charge in [0.05, 0.1) is 6.26 Å². The Morgan fingerprint density at radius 2 is 2.05 bits per heavy atom. The van der Waals surface area contributed by atoms with Crippen molar-refractivity contribution in [3.63, 3.8) is 0 Å². The summed E-state index contributed by atoms with van der Waals surface area (Å²) in [6.07, 6.45) is 5.40. The normalized spacial score (nSPS) is 13.3. The molecule has 1 aliphatic rings. The Labute approximate surface area is 128 Å². The third-order valence-electron chi connectivity index (χ3n) is 3.26. The highest BCUT2D eigenvalue weighted by Gasteiger charge is 2.11. The molecule has 0 radical (unpaired) electrons. The van der Waals surface area contributed by atoms with Gasteiger partial charge in [-0.2, -0.15) is 0 Å². The van der Waals surface area contributed by atoms with Gasteiger partial charge in [-0.3, -0.25) is 4.79 Å². The number of nitrogens with one attached hydrogen (secondary N) is 1. The number of fused-ring (bicyclic) bond motifs is 1. The Hall–Kier alpha value is -2.69. The molecule has 0 aliphatic carbocycles. The molecule has 5 heteroatoms. The fourth-order valence-electron chi connectivity index (χ4n) is 2.18. The zero-order valence-corrected chi connectivity index (χ0v) is 12.1. The SMILES string of the molecule is O=C(C=Cc1ccco1)NCCc1ccc2c(c1)OCCO2. The highest BCUT2D eigenvalue weighted by Crippen LogP contribution is 2.30. The molecule has 2 heterocycles. The van der Waals surface area contributed by atoms with Gasteiger partial charge in [-0.25, -0.2) is 0 Å². The second-order valence-electron chi connectivity index (χ2n) is 4.87. The summed E-state index contributed by atoms with van der Waals surface area (Å²) in [6.45, 7) is 1.72. The first-order valence-electron chi connectivity index (χ1n) is 7.19. The number of hydrogen-bond donors (Lipinski definition) is 1. The second kappa shape index (κ2) is 6.85. The van der Waals surface area contributed by atoms with E-state index in [1.807, 2.05) is 18.2 Å². The lowest BCUT2D eigenvalue weighted by molar-refractivity contribution is -0.116. The van der Waals surface area contributed by atoms with E-state index in [0.717, 1.165) is 23.5 Å². The predicted octanol–water partition coefficient (Wildman–Crippen LogP) is 2.42. The summed E-state index contributed by atoms with van der Waals surface area (Å²) in [5, 5.41) is 2.83. The molecule has 1 N–H and O–H groups in total. The minimum absolute atomic E-state index is 0.144. The van der Waals surface area contributed by atoms with Gasteiger partial charge in [0.1, 0.15) is 19.0 Å². The van der Waals surface area contributed by atoms with Crippen LogP contribution in [0.1, 0.15) is 11.3 Å². The first-order valence-corrected chi connectivity index (χ1v) is 7.19. The molecule has 1 aliphatic heterocycles. The molecule has 5 nitrogen and oxygen atoms in total. The van der Waals surface area contributed by atoms with E-state index in [4.69, 9.17) is 13.9 Å². The van der Waals surface area contributed by atoms with Crippen LogP contribution in [0, 0.1) is 0 Å². The number of carbonyl (C=O) groups is 1. The van der Waals surface area contributed by atoms with Gasteiger partial charge in [-0.05, 0) is 42.3 Å². The van der Waals surface area contributed by atoms with Crippen molar-refractivity contribution in [2.75, 3.05) is 19.8 Å². The van der Waals surface area contributed by atoms with Crippen LogP contribution in [0.15, 0.2) is 47.1 Å². The van der Waals surface area contributed by atoms with Crippen LogP contribution in [0.3, 0.4) is 0 Å². The van der Waals surface area contributed by atoms with Crippen molar-refractivity contribution in [1.29, 1.82) is 0 Å². The zero-order chi connectivity index (χ0) is 15.2. The molecule has 2 aromatic rings. The van der Waals surface area contributed by atoms with Crippen molar-refractivity contribution in [2.45, 2.75) is 6.42 Å². The molecule has 114 valence electrons. The van der Waals surface area contributed by atoms with E-state index in [1.165, 1.54) is 6.08 Å². The van der Waals surface area contributed by atoms with Crippen LogP contribution < -0.4 is 14.8 Å². The Bertz CT molecular complexity index is 661. The monoisotopic (exact) mass is 299 g/mol. The quantitative estimate of drug-likeness (QED) is 0.861. The van der Waals surface area contributed by atoms with Gasteiger partial charge in [0.2, 0.25) is 5.91 Å². The zero-order valence-electron chi connectivity index (χ0n) is 12.1. The molecule has 0 bridgehead atoms. The van der Waals surface area contributed by atoms with Crippen molar-refractivity contribution in [3.8, 4) is 11.5 Å². The molecule has 0 fully saturated rings. The summed E-state index contributed by atoms with van der Waals surface area (Å²) in [6, 6.07) is 9.42. The van der Waals surface area contributed by atoms with Crippen molar-refractivity contribution in [1.82, 2.24) is 5.32 Å². The molecule has 1 aromatic carbocycles. The topological polar surface area (TPSA) is 60.7 Å². The van der Waals surface area contributed by atoms with E-state index >= 15 is 0 Å². The van der Waals surface area contributed by atoms with Gasteiger partial charge in [0, 0.05) is 12.6 Å². The largest absolute Gasteiger partial charge is 0.486 e. The molecule has 0 unspecified atom stereocenters. The van der Waals surface area contributed by atoms with Gasteiger partial charge in [-0.1, -0.05) is 6.07 Å². The lowest BCUT2D eigenvalue weighted by atomic mass is 10.1. The molecule has 0 atom stereocenters. The summed E-state index contributed by atoms with van der Waals surface area (Å²) in [5.41, 5.74) is 1.10. The molecular weight excluding hydrogens is 282 g/mol. The Morgan fingerprint density at radius 1 is 1.18 bits per heavy atom. The Kier molecular flexibility index (Phi) is 4.44. The number of amides is 1. The molecule has 22 heavy (non-hydrogen) atoms. The summed E-state index contributed by atoms with van der Waals surface area (Å²) in [7, 11) is 0. The predicted molar refractivity (Wildman–Crippen MR) is 81.9 cm³/mol. The smallest absolute Gasteiger partial charge is 0.244 e. The number of benzene rings is 1. The van der Waals surface area contributed by atoms with Gasteiger partial charge in [-0.15, -0.1) is 0 Å². The van der Waals surface area contributed by atoms with E-state index in [-0.39, 0.29) is 5.91 Å². The third-order valence-corrected chi connectivity index (χ3v) is 3.26. The lowest BCUT2D eigenvalue weighted by Crippen LogP contribution is -2.23. The fraction of sp³-hybridized carbons (Fsp3) is 0.235. The average Bonchev–Trinajstić information content (AvgIpc) is 3.06. The number of carbonyl (C=O) groups excluding carboxylic acids is 1. The highest BCUT2D eigenvalue weighted by molar-refractivity contribution is 5.91. The van der Waals surface area contributed by atoms with Crippen LogP contribution in [0.4, 0.5) is 0 Å². The van der Waals surface area contributed by atoms with Crippen molar-refractivity contribution < 1.29 is 18.7 Å². The minimum atomic E-state index is -0.144. The van der Waals surface area contributed by atoms with Crippen LogP contribution in [-0.4, -0.2) is 25.7 Å². The minimum Gasteiger partial charge on any atom is -0.486 e. The standard InChI is InChI=1S/C17H17NO4/c19-17(6-4-14-2-1-9-20-14)18-8-7-13-3-5-15-16(12-13)22-11-10-21-15/h1-6,9,12H,7-8,10-11H2,(H,18,19). The molecule has 0 saturated heterocycles. The van der Waals surface area contributed by atoms with Crippen LogP contribution in [-0.2, 0) is 11.2 Å². The number of rotatable bonds is 5. The van der Waals surface area contributed by atoms with Gasteiger partial charge >= 0.3 is 0 Å². The van der Waals surface area contributed by atoms with Crippen LogP contribution in [0.5, 0.6) is 11.5 Å². The summed E-state index contributed by atoms with van der Waals surface area (Å²) in [5.74, 6) is 2.06. The fourth-order valence-corrected chi connectivity index (χ4v) is 2.18. The Morgan fingerprint density at radius 3 is 2.86 bits per heavy atom. The van der Waals surface area contributed by atoms with Crippen LogP contribution in [0.2, 0.25) is 0 Å². The second-order valence-corrected chi connectivity index (χ2v) is 4.87. The lowest BCUT2D eigenvalue weighted by Gasteiger charge is -2.18. The van der Waals surface area contributed by atoms with Crippen molar-refractivity contribution in [3.05, 3.63) is 54.0 Å². The molecule has 1 amide bonds. The summed E-state index contributed by atoms with van der Waals surface area (Å²) < 4.78 is 16.1. The highest BCUT2D eigenvalue weighted by atomic mass is 16.6. The maximum atomic E-state index is 11.7. The van der Waals surface area contributed by atoms with Crippen LogP contribution >= 0.6 is 0 Å². The van der Waals surface area contributed by atoms with E-state index in [0.29, 0.717) is 25.5 Å². The van der Waals surface area contributed by atoms with E-state index < -0.39 is 0 Å². The number of furan rings is 1. The number of ether oxygens (including phenoxy) is 2. The van der Waals surface area contributed by atoms with Gasteiger partial charge in [0.15, 0.2) is 11.5 Å². The maximum Gasteiger partial charge on any atom is 0.244 e. The van der Waals surface area contributed by atoms with Gasteiger partial charge < -0.3 is 19.2 Å². The first kappa shape index (κ1) is 14.3. The molecular formula is C17H17NO4. The molecule has 0 spiro atoms. The average molecular weight is 299 g/mol. The van der Waals surface area contributed by atoms with Crippen LogP contribution in [0.25, 0.3) is 6.08 Å². The van der Waals surface area contributed by atoms with Crippen molar-refractivity contribution >= 4 is 12.0 Å². The van der Waals surface area contributed by atoms with E-state index in [1.54, 1.807) is 24.5 Å².